The highest BCUT2D eigenvalue weighted by molar-refractivity contribution is 5.20. The van der Waals surface area contributed by atoms with Gasteiger partial charge in [-0.2, -0.15) is 0 Å². The maximum absolute atomic E-state index is 12.8. The van der Waals surface area contributed by atoms with Gasteiger partial charge in [-0.1, -0.05) is 12.1 Å². The average molecular weight is 209 g/mol. The fourth-order valence-corrected chi connectivity index (χ4v) is 2.05. The lowest BCUT2D eigenvalue weighted by Gasteiger charge is -2.29. The van der Waals surface area contributed by atoms with Gasteiger partial charge in [0.1, 0.15) is 5.82 Å². The first-order chi connectivity index (χ1) is 7.29. The van der Waals surface area contributed by atoms with Gasteiger partial charge in [-0.3, -0.25) is 0 Å². The summed E-state index contributed by atoms with van der Waals surface area (Å²) in [5.74, 6) is -0.183. The Kier molecular flexibility index (Phi) is 3.34. The Morgan fingerprint density at radius 3 is 2.73 bits per heavy atom. The molecule has 1 N–H and O–H groups in total. The van der Waals surface area contributed by atoms with Gasteiger partial charge in [0.2, 0.25) is 0 Å². The molecule has 15 heavy (non-hydrogen) atoms. The molecule has 0 aromatic heterocycles. The molecule has 1 aromatic rings. The van der Waals surface area contributed by atoms with E-state index in [9.17, 15) is 4.39 Å². The Morgan fingerprint density at radius 2 is 2.07 bits per heavy atom. The maximum Gasteiger partial charge on any atom is 0.123 e. The summed E-state index contributed by atoms with van der Waals surface area (Å²) in [6.45, 7) is 0.959. The Hall–Kier alpha value is -0.930. The Bertz CT molecular complexity index is 312. The van der Waals surface area contributed by atoms with E-state index in [4.69, 9.17) is 4.74 Å². The van der Waals surface area contributed by atoms with E-state index in [-0.39, 0.29) is 5.82 Å². The van der Waals surface area contributed by atoms with Gasteiger partial charge in [0, 0.05) is 13.2 Å². The second-order valence-electron chi connectivity index (χ2n) is 3.94. The number of ether oxygens (including phenoxy) is 1. The van der Waals surface area contributed by atoms with E-state index in [1.54, 1.807) is 7.11 Å². The predicted octanol–water partition coefficient (Wildman–Crippen LogP) is 2.27. The minimum absolute atomic E-state index is 0.183. The van der Waals surface area contributed by atoms with Gasteiger partial charge in [-0.05, 0) is 37.1 Å². The van der Waals surface area contributed by atoms with Crippen LogP contribution < -0.4 is 5.32 Å². The second kappa shape index (κ2) is 4.73. The first-order valence-corrected chi connectivity index (χ1v) is 5.31. The monoisotopic (exact) mass is 209 g/mol. The summed E-state index contributed by atoms with van der Waals surface area (Å²) in [5, 5.41) is 3.42. The Morgan fingerprint density at radius 1 is 1.33 bits per heavy atom. The molecule has 0 bridgehead atoms. The molecule has 1 saturated heterocycles. The van der Waals surface area contributed by atoms with E-state index in [0.717, 1.165) is 24.9 Å². The van der Waals surface area contributed by atoms with Crippen LogP contribution in [0.2, 0.25) is 0 Å². The van der Waals surface area contributed by atoms with E-state index in [2.05, 4.69) is 5.32 Å². The molecule has 2 nitrogen and oxygen atoms in total. The van der Waals surface area contributed by atoms with E-state index in [1.165, 1.54) is 12.1 Å². The van der Waals surface area contributed by atoms with Crippen LogP contribution in [0.15, 0.2) is 24.3 Å². The van der Waals surface area contributed by atoms with Crippen LogP contribution in [0.1, 0.15) is 24.4 Å². The summed E-state index contributed by atoms with van der Waals surface area (Å²) in [7, 11) is 1.75. The van der Waals surface area contributed by atoms with Crippen molar-refractivity contribution >= 4 is 0 Å². The van der Waals surface area contributed by atoms with Gasteiger partial charge < -0.3 is 10.1 Å². The third-order valence-corrected chi connectivity index (χ3v) is 2.96. The quantitative estimate of drug-likeness (QED) is 0.806. The molecular formula is C12H16FNO. The van der Waals surface area contributed by atoms with Crippen molar-refractivity contribution in [1.82, 2.24) is 5.32 Å². The average Bonchev–Trinajstić information content (AvgIpc) is 2.30. The normalized spacial score (nSPS) is 26.5. The molecule has 2 unspecified atom stereocenters. The topological polar surface area (TPSA) is 21.3 Å². The predicted molar refractivity (Wildman–Crippen MR) is 57.2 cm³/mol. The molecule has 1 aliphatic rings. The number of halogens is 1. The van der Waals surface area contributed by atoms with Crippen LogP contribution >= 0.6 is 0 Å². The molecule has 1 fully saturated rings. The van der Waals surface area contributed by atoms with Crippen molar-refractivity contribution in [3.63, 3.8) is 0 Å². The molecule has 2 rings (SSSR count). The third kappa shape index (κ3) is 2.55. The Balaban J connectivity index is 2.06. The Labute approximate surface area is 89.4 Å². The fraction of sp³-hybridized carbons (Fsp3) is 0.500. The highest BCUT2D eigenvalue weighted by atomic mass is 19.1. The number of piperidine rings is 1. The maximum atomic E-state index is 12.8. The number of hydrogen-bond acceptors (Lipinski definition) is 2. The van der Waals surface area contributed by atoms with E-state index in [0.29, 0.717) is 12.1 Å². The lowest BCUT2D eigenvalue weighted by Crippen LogP contribution is -2.35. The number of rotatable bonds is 2. The van der Waals surface area contributed by atoms with Crippen LogP contribution in [0.5, 0.6) is 0 Å². The van der Waals surface area contributed by atoms with E-state index in [1.807, 2.05) is 12.1 Å². The van der Waals surface area contributed by atoms with Gasteiger partial charge in [0.25, 0.3) is 0 Å². The molecule has 1 aliphatic heterocycles. The zero-order valence-corrected chi connectivity index (χ0v) is 8.87. The van der Waals surface area contributed by atoms with Crippen LogP contribution in [0, 0.1) is 5.82 Å². The van der Waals surface area contributed by atoms with Gasteiger partial charge in [0.15, 0.2) is 0 Å². The summed E-state index contributed by atoms with van der Waals surface area (Å²) in [6, 6.07) is 6.99. The fourth-order valence-electron chi connectivity index (χ4n) is 2.05. The first kappa shape index (κ1) is 10.6. The summed E-state index contributed by atoms with van der Waals surface area (Å²) in [5.41, 5.74) is 1.14. The molecule has 0 spiro atoms. The van der Waals surface area contributed by atoms with Crippen LogP contribution in [0.3, 0.4) is 0 Å². The zero-order valence-electron chi connectivity index (χ0n) is 8.87. The van der Waals surface area contributed by atoms with Crippen molar-refractivity contribution < 1.29 is 9.13 Å². The van der Waals surface area contributed by atoms with Crippen LogP contribution in [0.25, 0.3) is 0 Å². The summed E-state index contributed by atoms with van der Waals surface area (Å²) in [4.78, 5) is 0. The van der Waals surface area contributed by atoms with Gasteiger partial charge in [-0.15, -0.1) is 0 Å². The van der Waals surface area contributed by atoms with Gasteiger partial charge >= 0.3 is 0 Å². The molecule has 0 radical (unpaired) electrons. The highest BCUT2D eigenvalue weighted by Gasteiger charge is 2.22. The van der Waals surface area contributed by atoms with Crippen molar-refractivity contribution in [2.75, 3.05) is 13.7 Å². The largest absolute Gasteiger partial charge is 0.381 e. The standard InChI is InChI=1S/C12H16FNO/c1-15-11-6-7-14-12(8-11)9-2-4-10(13)5-3-9/h2-5,11-12,14H,6-8H2,1H3. The van der Waals surface area contributed by atoms with E-state index < -0.39 is 0 Å². The minimum Gasteiger partial charge on any atom is -0.381 e. The lowest BCUT2D eigenvalue weighted by molar-refractivity contribution is 0.0619. The van der Waals surface area contributed by atoms with Crippen molar-refractivity contribution in [3.8, 4) is 0 Å². The molecule has 3 heteroatoms. The van der Waals surface area contributed by atoms with Crippen molar-refractivity contribution in [1.29, 1.82) is 0 Å². The first-order valence-electron chi connectivity index (χ1n) is 5.31. The van der Waals surface area contributed by atoms with Crippen LogP contribution in [-0.2, 0) is 4.74 Å². The van der Waals surface area contributed by atoms with Gasteiger partial charge in [-0.25, -0.2) is 4.39 Å². The number of nitrogens with one attached hydrogen (secondary N) is 1. The molecule has 1 aromatic carbocycles. The molecule has 0 saturated carbocycles. The molecule has 0 amide bonds. The van der Waals surface area contributed by atoms with Crippen molar-refractivity contribution in [2.45, 2.75) is 25.0 Å². The number of methoxy groups -OCH3 is 1. The minimum atomic E-state index is -0.183. The van der Waals surface area contributed by atoms with Crippen molar-refractivity contribution in [3.05, 3.63) is 35.6 Å². The molecule has 1 heterocycles. The molecular weight excluding hydrogens is 193 g/mol. The lowest BCUT2D eigenvalue weighted by atomic mass is 9.95. The summed E-state index contributed by atoms with van der Waals surface area (Å²) in [6.07, 6.45) is 2.33. The van der Waals surface area contributed by atoms with Gasteiger partial charge in [0.05, 0.1) is 6.10 Å². The highest BCUT2D eigenvalue weighted by Crippen LogP contribution is 2.24. The van der Waals surface area contributed by atoms with E-state index >= 15 is 0 Å². The van der Waals surface area contributed by atoms with Crippen molar-refractivity contribution in [2.24, 2.45) is 0 Å². The molecule has 2 atom stereocenters. The number of hydrogen-bond donors (Lipinski definition) is 1. The van der Waals surface area contributed by atoms with Crippen LogP contribution in [0.4, 0.5) is 4.39 Å². The third-order valence-electron chi connectivity index (χ3n) is 2.96. The number of benzene rings is 1. The molecule has 0 aliphatic carbocycles. The smallest absolute Gasteiger partial charge is 0.123 e. The second-order valence-corrected chi connectivity index (χ2v) is 3.94. The SMILES string of the molecule is COC1CCNC(c2ccc(F)cc2)C1. The molecule has 82 valence electrons. The summed E-state index contributed by atoms with van der Waals surface area (Å²) >= 11 is 0. The van der Waals surface area contributed by atoms with Crippen LogP contribution in [-0.4, -0.2) is 19.8 Å². The summed E-state index contributed by atoms with van der Waals surface area (Å²) < 4.78 is 18.1. The zero-order chi connectivity index (χ0) is 10.7.